The van der Waals surface area contributed by atoms with Crippen LogP contribution in [0.5, 0.6) is 5.75 Å². The highest BCUT2D eigenvalue weighted by Gasteiger charge is 2.12. The summed E-state index contributed by atoms with van der Waals surface area (Å²) >= 11 is 0. The molecular weight excluding hydrogens is 250 g/mol. The highest BCUT2D eigenvalue weighted by molar-refractivity contribution is 6.01. The number of nitrogens with one attached hydrogen (secondary N) is 1. The van der Waals surface area contributed by atoms with E-state index in [0.717, 1.165) is 5.69 Å². The third kappa shape index (κ3) is 3.85. The number of Topliss-reactive ketones (excluding diaryl/α,β-unsaturated/α-hetero) is 1. The molecule has 0 aliphatic carbocycles. The van der Waals surface area contributed by atoms with Crippen LogP contribution in [-0.2, 0) is 0 Å². The number of benzene rings is 2. The number of para-hydroxylation sites is 2. The maximum absolute atomic E-state index is 12.3. The Hall–Kier alpha value is -2.29. The first kappa shape index (κ1) is 14.1. The van der Waals surface area contributed by atoms with E-state index in [9.17, 15) is 4.79 Å². The van der Waals surface area contributed by atoms with Crippen LogP contribution in [0.25, 0.3) is 0 Å². The van der Waals surface area contributed by atoms with Crippen LogP contribution in [0.2, 0.25) is 0 Å². The van der Waals surface area contributed by atoms with Gasteiger partial charge in [-0.3, -0.25) is 4.79 Å². The van der Waals surface area contributed by atoms with Crippen LogP contribution in [0.3, 0.4) is 0 Å². The fourth-order valence-electron chi connectivity index (χ4n) is 1.89. The molecule has 3 heteroatoms. The second-order valence-electron chi connectivity index (χ2n) is 4.81. The number of carbonyl (C=O) groups excluding carboxylic acids is 1. The lowest BCUT2D eigenvalue weighted by Gasteiger charge is -2.14. The minimum absolute atomic E-state index is 0.0186. The molecule has 2 aromatic rings. The van der Waals surface area contributed by atoms with Crippen LogP contribution >= 0.6 is 0 Å². The molecule has 0 saturated carbocycles. The third-order valence-electron chi connectivity index (χ3n) is 2.78. The molecule has 20 heavy (non-hydrogen) atoms. The fourth-order valence-corrected chi connectivity index (χ4v) is 1.89. The number of anilines is 1. The smallest absolute Gasteiger partial charge is 0.185 e. The molecule has 0 aliphatic rings. The lowest BCUT2D eigenvalue weighted by atomic mass is 10.1. The van der Waals surface area contributed by atoms with E-state index in [1.165, 1.54) is 0 Å². The van der Waals surface area contributed by atoms with Gasteiger partial charge < -0.3 is 10.1 Å². The molecule has 2 aromatic carbocycles. The largest absolute Gasteiger partial charge is 0.490 e. The van der Waals surface area contributed by atoms with Gasteiger partial charge >= 0.3 is 0 Å². The number of ether oxygens (including phenoxy) is 1. The van der Waals surface area contributed by atoms with Crippen molar-refractivity contribution in [3.05, 3.63) is 60.2 Å². The monoisotopic (exact) mass is 269 g/mol. The Morgan fingerprint density at radius 3 is 2.40 bits per heavy atom. The van der Waals surface area contributed by atoms with E-state index in [0.29, 0.717) is 11.3 Å². The van der Waals surface area contributed by atoms with Crippen LogP contribution in [0.15, 0.2) is 54.6 Å². The Morgan fingerprint density at radius 2 is 1.70 bits per heavy atom. The molecule has 104 valence electrons. The van der Waals surface area contributed by atoms with Crippen molar-refractivity contribution in [2.24, 2.45) is 0 Å². The van der Waals surface area contributed by atoms with Gasteiger partial charge in [-0.25, -0.2) is 0 Å². The van der Waals surface area contributed by atoms with Gasteiger partial charge in [0.25, 0.3) is 0 Å². The van der Waals surface area contributed by atoms with Crippen molar-refractivity contribution >= 4 is 11.5 Å². The van der Waals surface area contributed by atoms with Gasteiger partial charge in [-0.2, -0.15) is 0 Å². The number of carbonyl (C=O) groups is 1. The van der Waals surface area contributed by atoms with Gasteiger partial charge in [0, 0.05) is 5.69 Å². The second-order valence-corrected chi connectivity index (χ2v) is 4.81. The predicted molar refractivity (Wildman–Crippen MR) is 81.5 cm³/mol. The minimum Gasteiger partial charge on any atom is -0.490 e. The molecule has 1 N–H and O–H groups in total. The maximum atomic E-state index is 12.3. The standard InChI is InChI=1S/C17H19NO2/c1-13(2)20-17-11-7-6-10-15(17)16(19)12-18-14-8-4-3-5-9-14/h3-11,13,18H,12H2,1-2H3. The molecule has 3 nitrogen and oxygen atoms in total. The number of hydrogen-bond donors (Lipinski definition) is 1. The van der Waals surface area contributed by atoms with Crippen molar-refractivity contribution in [3.63, 3.8) is 0 Å². The quantitative estimate of drug-likeness (QED) is 0.811. The highest BCUT2D eigenvalue weighted by atomic mass is 16.5. The van der Waals surface area contributed by atoms with Crippen molar-refractivity contribution in [2.45, 2.75) is 20.0 Å². The SMILES string of the molecule is CC(C)Oc1ccccc1C(=O)CNc1ccccc1. The molecule has 0 aliphatic heterocycles. The molecule has 0 spiro atoms. The van der Waals surface area contributed by atoms with Crippen molar-refractivity contribution in [2.75, 3.05) is 11.9 Å². The fraction of sp³-hybridized carbons (Fsp3) is 0.235. The summed E-state index contributed by atoms with van der Waals surface area (Å²) in [5, 5.41) is 3.12. The molecule has 0 heterocycles. The second kappa shape index (κ2) is 6.75. The van der Waals surface area contributed by atoms with Crippen molar-refractivity contribution in [1.82, 2.24) is 0 Å². The van der Waals surface area contributed by atoms with E-state index < -0.39 is 0 Å². The predicted octanol–water partition coefficient (Wildman–Crippen LogP) is 3.77. The maximum Gasteiger partial charge on any atom is 0.185 e. The summed E-state index contributed by atoms with van der Waals surface area (Å²) in [7, 11) is 0. The summed E-state index contributed by atoms with van der Waals surface area (Å²) in [5.74, 6) is 0.660. The Balaban J connectivity index is 2.05. The molecule has 0 unspecified atom stereocenters. The zero-order valence-corrected chi connectivity index (χ0v) is 11.8. The van der Waals surface area contributed by atoms with Gasteiger partial charge in [0.05, 0.1) is 18.2 Å². The molecule has 2 rings (SSSR count). The molecule has 0 aromatic heterocycles. The first-order chi connectivity index (χ1) is 9.66. The molecule has 0 atom stereocenters. The summed E-state index contributed by atoms with van der Waals surface area (Å²) in [5.41, 5.74) is 1.55. The average molecular weight is 269 g/mol. The number of rotatable bonds is 6. The van der Waals surface area contributed by atoms with E-state index in [1.807, 2.05) is 62.4 Å². The molecular formula is C17H19NO2. The van der Waals surface area contributed by atoms with Gasteiger partial charge in [-0.1, -0.05) is 30.3 Å². The van der Waals surface area contributed by atoms with Gasteiger partial charge in [-0.05, 0) is 38.1 Å². The van der Waals surface area contributed by atoms with Crippen molar-refractivity contribution < 1.29 is 9.53 Å². The topological polar surface area (TPSA) is 38.3 Å². The molecule has 0 bridgehead atoms. The Labute approximate surface area is 119 Å². The van der Waals surface area contributed by atoms with Crippen LogP contribution in [0.4, 0.5) is 5.69 Å². The summed E-state index contributed by atoms with van der Waals surface area (Å²) in [6.45, 7) is 4.15. The molecule has 0 fully saturated rings. The Bertz CT molecular complexity index is 564. The summed E-state index contributed by atoms with van der Waals surface area (Å²) < 4.78 is 5.67. The number of ketones is 1. The summed E-state index contributed by atoms with van der Waals surface area (Å²) in [4.78, 5) is 12.3. The summed E-state index contributed by atoms with van der Waals surface area (Å²) in [6, 6.07) is 17.0. The van der Waals surface area contributed by atoms with Gasteiger partial charge in [0.1, 0.15) is 5.75 Å². The van der Waals surface area contributed by atoms with E-state index in [4.69, 9.17) is 4.74 Å². The van der Waals surface area contributed by atoms with E-state index in [-0.39, 0.29) is 18.4 Å². The van der Waals surface area contributed by atoms with Gasteiger partial charge in [-0.15, -0.1) is 0 Å². The first-order valence-electron chi connectivity index (χ1n) is 6.74. The van der Waals surface area contributed by atoms with E-state index in [1.54, 1.807) is 6.07 Å². The van der Waals surface area contributed by atoms with Gasteiger partial charge in [0.15, 0.2) is 5.78 Å². The highest BCUT2D eigenvalue weighted by Crippen LogP contribution is 2.20. The Kier molecular flexibility index (Phi) is 4.77. The van der Waals surface area contributed by atoms with Crippen LogP contribution in [0.1, 0.15) is 24.2 Å². The van der Waals surface area contributed by atoms with Crippen molar-refractivity contribution in [1.29, 1.82) is 0 Å². The zero-order chi connectivity index (χ0) is 14.4. The zero-order valence-electron chi connectivity index (χ0n) is 11.8. The van der Waals surface area contributed by atoms with Crippen molar-refractivity contribution in [3.8, 4) is 5.75 Å². The van der Waals surface area contributed by atoms with Crippen LogP contribution in [0, 0.1) is 0 Å². The first-order valence-corrected chi connectivity index (χ1v) is 6.74. The van der Waals surface area contributed by atoms with E-state index in [2.05, 4.69) is 5.32 Å². The third-order valence-corrected chi connectivity index (χ3v) is 2.78. The summed E-state index contributed by atoms with van der Waals surface area (Å²) in [6.07, 6.45) is 0.0473. The van der Waals surface area contributed by atoms with Crippen LogP contribution < -0.4 is 10.1 Å². The average Bonchev–Trinajstić information content (AvgIpc) is 2.46. The lowest BCUT2D eigenvalue weighted by molar-refractivity contribution is 0.100. The molecule has 0 radical (unpaired) electrons. The number of hydrogen-bond acceptors (Lipinski definition) is 3. The van der Waals surface area contributed by atoms with E-state index >= 15 is 0 Å². The van der Waals surface area contributed by atoms with Crippen LogP contribution in [-0.4, -0.2) is 18.4 Å². The van der Waals surface area contributed by atoms with Gasteiger partial charge in [0.2, 0.25) is 0 Å². The molecule has 0 saturated heterocycles. The normalized spacial score (nSPS) is 10.3. The molecule has 0 amide bonds. The Morgan fingerprint density at radius 1 is 1.05 bits per heavy atom. The minimum atomic E-state index is 0.0186. The lowest BCUT2D eigenvalue weighted by Crippen LogP contribution is -2.16.